The maximum absolute atomic E-state index is 10.1. The van der Waals surface area contributed by atoms with Crippen molar-refractivity contribution in [3.8, 4) is 0 Å². The third-order valence-electron chi connectivity index (χ3n) is 2.21. The van der Waals surface area contributed by atoms with Gasteiger partial charge in [0.05, 0.1) is 12.3 Å². The van der Waals surface area contributed by atoms with Crippen LogP contribution in [0.25, 0.3) is 11.0 Å². The molecule has 0 bridgehead atoms. The molecule has 1 aromatic heterocycles. The van der Waals surface area contributed by atoms with Crippen LogP contribution < -0.4 is 0 Å². The highest BCUT2D eigenvalue weighted by molar-refractivity contribution is 5.77. The average molecular weight is 187 g/mol. The van der Waals surface area contributed by atoms with Gasteiger partial charge in [-0.1, -0.05) is 6.07 Å². The molecule has 0 fully saturated rings. The van der Waals surface area contributed by atoms with Crippen molar-refractivity contribution in [2.75, 3.05) is 0 Å². The van der Waals surface area contributed by atoms with Crippen LogP contribution in [0.4, 0.5) is 0 Å². The number of carbonyl (C=O) groups excluding carboxylic acids is 1. The Labute approximate surface area is 81.1 Å². The molecule has 70 valence electrons. The van der Waals surface area contributed by atoms with Gasteiger partial charge in [0.15, 0.2) is 0 Å². The first-order chi connectivity index (χ1) is 6.81. The first-order valence-corrected chi connectivity index (χ1v) is 4.35. The van der Waals surface area contributed by atoms with Crippen molar-refractivity contribution in [2.45, 2.75) is 13.0 Å². The van der Waals surface area contributed by atoms with E-state index in [1.54, 1.807) is 12.3 Å². The first-order valence-electron chi connectivity index (χ1n) is 4.35. The van der Waals surface area contributed by atoms with Gasteiger partial charge in [-0.05, 0) is 30.7 Å². The first kappa shape index (κ1) is 8.73. The number of rotatable bonds is 2. The van der Waals surface area contributed by atoms with E-state index < -0.39 is 0 Å². The highest BCUT2D eigenvalue weighted by Gasteiger charge is 2.04. The average Bonchev–Trinajstić information content (AvgIpc) is 2.64. The summed E-state index contributed by atoms with van der Waals surface area (Å²) < 4.78 is 5.20. The zero-order valence-corrected chi connectivity index (χ0v) is 7.73. The number of hydrogen-bond donors (Lipinski definition) is 0. The van der Waals surface area contributed by atoms with Crippen molar-refractivity contribution >= 4 is 17.0 Å². The normalized spacial score (nSPS) is 12.4. The SMILES string of the molecule is CC(N=C=O)c1ccc2occc2c1. The highest BCUT2D eigenvalue weighted by Crippen LogP contribution is 2.22. The molecule has 0 spiro atoms. The fourth-order valence-corrected chi connectivity index (χ4v) is 1.40. The molecule has 0 saturated heterocycles. The molecule has 1 heterocycles. The zero-order valence-electron chi connectivity index (χ0n) is 7.73. The zero-order chi connectivity index (χ0) is 9.97. The van der Waals surface area contributed by atoms with Gasteiger partial charge in [-0.2, -0.15) is 4.99 Å². The van der Waals surface area contributed by atoms with Gasteiger partial charge in [-0.15, -0.1) is 0 Å². The molecule has 0 saturated carbocycles. The number of benzene rings is 1. The lowest BCUT2D eigenvalue weighted by Crippen LogP contribution is -1.87. The summed E-state index contributed by atoms with van der Waals surface area (Å²) in [6, 6.07) is 7.48. The van der Waals surface area contributed by atoms with E-state index in [9.17, 15) is 4.79 Å². The Hall–Kier alpha value is -1.86. The van der Waals surface area contributed by atoms with Gasteiger partial charge < -0.3 is 4.42 Å². The molecular formula is C11H9NO2. The van der Waals surface area contributed by atoms with E-state index in [4.69, 9.17) is 4.42 Å². The van der Waals surface area contributed by atoms with Crippen LogP contribution in [0.15, 0.2) is 39.9 Å². The summed E-state index contributed by atoms with van der Waals surface area (Å²) in [5.74, 6) is 0. The number of nitrogens with zero attached hydrogens (tertiary/aromatic N) is 1. The topological polar surface area (TPSA) is 42.6 Å². The number of hydrogen-bond acceptors (Lipinski definition) is 3. The van der Waals surface area contributed by atoms with Crippen LogP contribution in [0.3, 0.4) is 0 Å². The Bertz CT molecular complexity index is 495. The van der Waals surface area contributed by atoms with Crippen LogP contribution in [-0.4, -0.2) is 6.08 Å². The lowest BCUT2D eigenvalue weighted by Gasteiger charge is -2.03. The summed E-state index contributed by atoms with van der Waals surface area (Å²) in [7, 11) is 0. The van der Waals surface area contributed by atoms with Gasteiger partial charge in [0.2, 0.25) is 6.08 Å². The van der Waals surface area contributed by atoms with Gasteiger partial charge in [-0.3, -0.25) is 0 Å². The quantitative estimate of drug-likeness (QED) is 0.536. The Morgan fingerprint density at radius 1 is 1.43 bits per heavy atom. The van der Waals surface area contributed by atoms with Gasteiger partial charge in [-0.25, -0.2) is 4.79 Å². The van der Waals surface area contributed by atoms with Gasteiger partial charge in [0.1, 0.15) is 5.58 Å². The molecule has 0 radical (unpaired) electrons. The largest absolute Gasteiger partial charge is 0.464 e. The van der Waals surface area contributed by atoms with Crippen molar-refractivity contribution in [1.29, 1.82) is 0 Å². The van der Waals surface area contributed by atoms with E-state index in [-0.39, 0.29) is 6.04 Å². The fraction of sp³-hybridized carbons (Fsp3) is 0.182. The van der Waals surface area contributed by atoms with Crippen molar-refractivity contribution < 1.29 is 9.21 Å². The highest BCUT2D eigenvalue weighted by atomic mass is 16.3. The number of furan rings is 1. The molecule has 3 nitrogen and oxygen atoms in total. The van der Waals surface area contributed by atoms with Gasteiger partial charge >= 0.3 is 0 Å². The van der Waals surface area contributed by atoms with E-state index >= 15 is 0 Å². The molecule has 14 heavy (non-hydrogen) atoms. The predicted molar refractivity (Wildman–Crippen MR) is 52.8 cm³/mol. The van der Waals surface area contributed by atoms with Gasteiger partial charge in [0.25, 0.3) is 0 Å². The maximum Gasteiger partial charge on any atom is 0.235 e. The Morgan fingerprint density at radius 2 is 2.29 bits per heavy atom. The number of fused-ring (bicyclic) bond motifs is 1. The molecular weight excluding hydrogens is 178 g/mol. The lowest BCUT2D eigenvalue weighted by molar-refractivity contribution is 0.559. The van der Waals surface area contributed by atoms with E-state index in [0.717, 1.165) is 16.5 Å². The summed E-state index contributed by atoms with van der Waals surface area (Å²) in [4.78, 5) is 13.7. The second kappa shape index (κ2) is 3.48. The summed E-state index contributed by atoms with van der Waals surface area (Å²) in [5, 5.41) is 1.02. The Morgan fingerprint density at radius 3 is 3.07 bits per heavy atom. The van der Waals surface area contributed by atoms with Crippen LogP contribution in [-0.2, 0) is 4.79 Å². The molecule has 0 aliphatic heterocycles. The minimum atomic E-state index is -0.146. The lowest BCUT2D eigenvalue weighted by atomic mass is 10.1. The van der Waals surface area contributed by atoms with Crippen LogP contribution in [0.5, 0.6) is 0 Å². The summed E-state index contributed by atoms with van der Waals surface area (Å²) in [6.45, 7) is 1.85. The molecule has 0 aliphatic rings. The summed E-state index contributed by atoms with van der Waals surface area (Å²) in [6.07, 6.45) is 3.20. The summed E-state index contributed by atoms with van der Waals surface area (Å²) >= 11 is 0. The van der Waals surface area contributed by atoms with Crippen molar-refractivity contribution in [1.82, 2.24) is 0 Å². The Kier molecular flexibility index (Phi) is 2.17. The van der Waals surface area contributed by atoms with E-state index in [0.29, 0.717) is 0 Å². The third-order valence-corrected chi connectivity index (χ3v) is 2.21. The molecule has 2 aromatic rings. The second-order valence-corrected chi connectivity index (χ2v) is 3.11. The monoisotopic (exact) mass is 187 g/mol. The minimum absolute atomic E-state index is 0.146. The summed E-state index contributed by atoms with van der Waals surface area (Å²) in [5.41, 5.74) is 1.83. The predicted octanol–water partition coefficient (Wildman–Crippen LogP) is 2.83. The van der Waals surface area contributed by atoms with Crippen LogP contribution >= 0.6 is 0 Å². The van der Waals surface area contributed by atoms with E-state index in [2.05, 4.69) is 4.99 Å². The van der Waals surface area contributed by atoms with Crippen molar-refractivity contribution in [3.05, 3.63) is 36.1 Å². The maximum atomic E-state index is 10.1. The van der Waals surface area contributed by atoms with Crippen LogP contribution in [0.2, 0.25) is 0 Å². The molecule has 0 N–H and O–H groups in total. The molecule has 1 unspecified atom stereocenters. The molecule has 3 heteroatoms. The van der Waals surface area contributed by atoms with Crippen LogP contribution in [0.1, 0.15) is 18.5 Å². The van der Waals surface area contributed by atoms with Gasteiger partial charge in [0, 0.05) is 5.39 Å². The van der Waals surface area contributed by atoms with E-state index in [1.165, 1.54) is 0 Å². The minimum Gasteiger partial charge on any atom is -0.464 e. The molecule has 2 rings (SSSR count). The molecule has 1 aromatic carbocycles. The smallest absolute Gasteiger partial charge is 0.235 e. The van der Waals surface area contributed by atoms with Crippen molar-refractivity contribution in [3.63, 3.8) is 0 Å². The Balaban J connectivity index is 2.48. The van der Waals surface area contributed by atoms with Crippen LogP contribution in [0, 0.1) is 0 Å². The molecule has 0 amide bonds. The van der Waals surface area contributed by atoms with E-state index in [1.807, 2.05) is 31.2 Å². The van der Waals surface area contributed by atoms with Crippen molar-refractivity contribution in [2.24, 2.45) is 4.99 Å². The second-order valence-electron chi connectivity index (χ2n) is 3.11. The number of aliphatic imine (C=N–C) groups is 1. The molecule has 0 aliphatic carbocycles. The number of isocyanates is 1. The molecule has 1 atom stereocenters. The fourth-order valence-electron chi connectivity index (χ4n) is 1.40. The third kappa shape index (κ3) is 1.45. The standard InChI is InChI=1S/C11H9NO2/c1-8(12-7-13)9-2-3-11-10(6-9)4-5-14-11/h2-6,8H,1H3.